The maximum atomic E-state index is 7.19. The molecule has 76 valence electrons. The number of rotatable bonds is 3. The molecule has 0 aromatic carbocycles. The smallest absolute Gasteiger partial charge is 0.124 e. The standard InChI is InChI=1S/C10H15N3O/c11-7-9-1-4-13(5-2-9)8-10-3-6-14-12-10/h3,6-7,9,11H,1-2,4-5,8H2. The molecule has 0 saturated carbocycles. The summed E-state index contributed by atoms with van der Waals surface area (Å²) >= 11 is 0. The first-order valence-electron chi connectivity index (χ1n) is 5.00. The summed E-state index contributed by atoms with van der Waals surface area (Å²) in [5.41, 5.74) is 0.998. The van der Waals surface area contributed by atoms with Crippen LogP contribution in [0.15, 0.2) is 16.9 Å². The molecule has 1 fully saturated rings. The molecule has 0 amide bonds. The normalized spacial score (nSPS) is 19.7. The zero-order chi connectivity index (χ0) is 9.80. The summed E-state index contributed by atoms with van der Waals surface area (Å²) in [7, 11) is 0. The van der Waals surface area contributed by atoms with E-state index in [4.69, 9.17) is 9.93 Å². The van der Waals surface area contributed by atoms with Crippen molar-refractivity contribution in [2.75, 3.05) is 13.1 Å². The number of hydrogen-bond donors (Lipinski definition) is 1. The van der Waals surface area contributed by atoms with E-state index in [1.165, 1.54) is 0 Å². The van der Waals surface area contributed by atoms with Crippen molar-refractivity contribution in [1.29, 1.82) is 5.41 Å². The molecule has 0 aliphatic carbocycles. The molecule has 0 atom stereocenters. The molecule has 0 radical (unpaired) electrons. The zero-order valence-corrected chi connectivity index (χ0v) is 8.15. The van der Waals surface area contributed by atoms with Crippen molar-refractivity contribution < 1.29 is 4.52 Å². The van der Waals surface area contributed by atoms with Crippen molar-refractivity contribution in [3.05, 3.63) is 18.0 Å². The van der Waals surface area contributed by atoms with Crippen LogP contribution in [0.25, 0.3) is 0 Å². The molecule has 0 unspecified atom stereocenters. The molecular formula is C10H15N3O. The summed E-state index contributed by atoms with van der Waals surface area (Å²) < 4.78 is 4.79. The van der Waals surface area contributed by atoms with Crippen molar-refractivity contribution in [2.24, 2.45) is 5.92 Å². The van der Waals surface area contributed by atoms with Gasteiger partial charge in [0.15, 0.2) is 0 Å². The minimum Gasteiger partial charge on any atom is -0.364 e. The predicted molar refractivity (Wildman–Crippen MR) is 53.3 cm³/mol. The van der Waals surface area contributed by atoms with E-state index in [-0.39, 0.29) is 0 Å². The lowest BCUT2D eigenvalue weighted by Gasteiger charge is -2.29. The van der Waals surface area contributed by atoms with Crippen LogP contribution in [0.4, 0.5) is 0 Å². The molecule has 0 spiro atoms. The number of likely N-dealkylation sites (tertiary alicyclic amines) is 1. The Kier molecular flexibility index (Phi) is 2.93. The third-order valence-corrected chi connectivity index (χ3v) is 2.74. The molecule has 2 heterocycles. The van der Waals surface area contributed by atoms with Gasteiger partial charge in [0, 0.05) is 12.6 Å². The fourth-order valence-corrected chi connectivity index (χ4v) is 1.83. The maximum Gasteiger partial charge on any atom is 0.124 e. The quantitative estimate of drug-likeness (QED) is 0.741. The Balaban J connectivity index is 1.81. The third kappa shape index (κ3) is 2.20. The summed E-state index contributed by atoms with van der Waals surface area (Å²) in [6, 6.07) is 1.91. The first-order valence-corrected chi connectivity index (χ1v) is 5.00. The van der Waals surface area contributed by atoms with E-state index in [9.17, 15) is 0 Å². The molecule has 2 rings (SSSR count). The van der Waals surface area contributed by atoms with Crippen LogP contribution in [0, 0.1) is 11.3 Å². The molecule has 1 N–H and O–H groups in total. The summed E-state index contributed by atoms with van der Waals surface area (Å²) in [5.74, 6) is 0.489. The zero-order valence-electron chi connectivity index (χ0n) is 8.15. The highest BCUT2D eigenvalue weighted by molar-refractivity contribution is 5.56. The number of nitrogens with zero attached hydrogens (tertiary/aromatic N) is 2. The Bertz CT molecular complexity index is 276. The Morgan fingerprint density at radius 3 is 2.93 bits per heavy atom. The third-order valence-electron chi connectivity index (χ3n) is 2.74. The molecule has 0 bridgehead atoms. The van der Waals surface area contributed by atoms with Crippen LogP contribution in [0.2, 0.25) is 0 Å². The monoisotopic (exact) mass is 193 g/mol. The fourth-order valence-electron chi connectivity index (χ4n) is 1.83. The Morgan fingerprint density at radius 2 is 2.36 bits per heavy atom. The highest BCUT2D eigenvalue weighted by Gasteiger charge is 2.17. The van der Waals surface area contributed by atoms with Crippen LogP contribution in [0.5, 0.6) is 0 Å². The molecule has 1 aliphatic rings. The molecule has 1 aliphatic heterocycles. The molecule has 14 heavy (non-hydrogen) atoms. The average Bonchev–Trinajstić information content (AvgIpc) is 2.72. The van der Waals surface area contributed by atoms with E-state index in [0.717, 1.165) is 38.2 Å². The van der Waals surface area contributed by atoms with Gasteiger partial charge in [-0.1, -0.05) is 5.16 Å². The van der Waals surface area contributed by atoms with Gasteiger partial charge in [0.2, 0.25) is 0 Å². The SMILES string of the molecule is N=CC1CCN(Cc2ccon2)CC1. The Morgan fingerprint density at radius 1 is 1.57 bits per heavy atom. The van der Waals surface area contributed by atoms with Crippen molar-refractivity contribution >= 4 is 6.21 Å². The first kappa shape index (κ1) is 9.40. The predicted octanol–water partition coefficient (Wildman–Crippen LogP) is 1.54. The van der Waals surface area contributed by atoms with Crippen molar-refractivity contribution in [3.8, 4) is 0 Å². The largest absolute Gasteiger partial charge is 0.364 e. The van der Waals surface area contributed by atoms with Crippen LogP contribution in [0.1, 0.15) is 18.5 Å². The second-order valence-corrected chi connectivity index (χ2v) is 3.77. The second-order valence-electron chi connectivity index (χ2n) is 3.77. The number of hydrogen-bond acceptors (Lipinski definition) is 4. The van der Waals surface area contributed by atoms with Crippen LogP contribution >= 0.6 is 0 Å². The minimum atomic E-state index is 0.489. The fraction of sp³-hybridized carbons (Fsp3) is 0.600. The summed E-state index contributed by atoms with van der Waals surface area (Å²) in [5, 5.41) is 11.1. The molecule has 4 nitrogen and oxygen atoms in total. The van der Waals surface area contributed by atoms with E-state index < -0.39 is 0 Å². The van der Waals surface area contributed by atoms with Gasteiger partial charge in [-0.15, -0.1) is 0 Å². The van der Waals surface area contributed by atoms with E-state index in [2.05, 4.69) is 10.1 Å². The van der Waals surface area contributed by atoms with Gasteiger partial charge in [-0.2, -0.15) is 0 Å². The minimum absolute atomic E-state index is 0.489. The molecule has 1 saturated heterocycles. The van der Waals surface area contributed by atoms with E-state index in [0.29, 0.717) is 5.92 Å². The lowest BCUT2D eigenvalue weighted by Crippen LogP contribution is -2.33. The van der Waals surface area contributed by atoms with E-state index in [1.807, 2.05) is 6.07 Å². The molecule has 1 aromatic rings. The van der Waals surface area contributed by atoms with Crippen LogP contribution in [0.3, 0.4) is 0 Å². The Hall–Kier alpha value is -1.16. The van der Waals surface area contributed by atoms with Crippen LogP contribution in [-0.2, 0) is 6.54 Å². The number of piperidine rings is 1. The number of nitrogens with one attached hydrogen (secondary N) is 1. The average molecular weight is 193 g/mol. The summed E-state index contributed by atoms with van der Waals surface area (Å²) in [6.45, 7) is 3.00. The Labute approximate surface area is 83.4 Å². The first-order chi connectivity index (χ1) is 6.88. The van der Waals surface area contributed by atoms with Gasteiger partial charge in [-0.05, 0) is 38.1 Å². The van der Waals surface area contributed by atoms with Gasteiger partial charge in [0.1, 0.15) is 6.26 Å². The van der Waals surface area contributed by atoms with Crippen molar-refractivity contribution in [1.82, 2.24) is 10.1 Å². The molecular weight excluding hydrogens is 178 g/mol. The van der Waals surface area contributed by atoms with Gasteiger partial charge in [-0.25, -0.2) is 0 Å². The van der Waals surface area contributed by atoms with Gasteiger partial charge in [0.05, 0.1) is 5.69 Å². The lowest BCUT2D eigenvalue weighted by atomic mass is 9.98. The lowest BCUT2D eigenvalue weighted by molar-refractivity contribution is 0.198. The molecule has 1 aromatic heterocycles. The van der Waals surface area contributed by atoms with Crippen LogP contribution in [-0.4, -0.2) is 29.4 Å². The number of aromatic nitrogens is 1. The topological polar surface area (TPSA) is 53.1 Å². The molecule has 4 heteroatoms. The van der Waals surface area contributed by atoms with E-state index >= 15 is 0 Å². The highest BCUT2D eigenvalue weighted by Crippen LogP contribution is 2.16. The van der Waals surface area contributed by atoms with Gasteiger partial charge >= 0.3 is 0 Å². The van der Waals surface area contributed by atoms with Crippen LogP contribution < -0.4 is 0 Å². The van der Waals surface area contributed by atoms with E-state index in [1.54, 1.807) is 12.5 Å². The summed E-state index contributed by atoms with van der Waals surface area (Å²) in [4.78, 5) is 2.36. The van der Waals surface area contributed by atoms with Gasteiger partial charge < -0.3 is 9.93 Å². The second kappa shape index (κ2) is 4.37. The maximum absolute atomic E-state index is 7.19. The summed E-state index contributed by atoms with van der Waals surface area (Å²) in [6.07, 6.45) is 5.38. The van der Waals surface area contributed by atoms with Crippen molar-refractivity contribution in [2.45, 2.75) is 19.4 Å². The van der Waals surface area contributed by atoms with Gasteiger partial charge in [-0.3, -0.25) is 4.90 Å². The highest BCUT2D eigenvalue weighted by atomic mass is 16.5. The van der Waals surface area contributed by atoms with Crippen molar-refractivity contribution in [3.63, 3.8) is 0 Å². The van der Waals surface area contributed by atoms with Gasteiger partial charge in [0.25, 0.3) is 0 Å².